The summed E-state index contributed by atoms with van der Waals surface area (Å²) in [5.41, 5.74) is 1.38. The van der Waals surface area contributed by atoms with Crippen LogP contribution in [0.25, 0.3) is 6.08 Å². The van der Waals surface area contributed by atoms with E-state index in [-0.39, 0.29) is 30.5 Å². The van der Waals surface area contributed by atoms with Gasteiger partial charge in [-0.3, -0.25) is 9.59 Å². The highest BCUT2D eigenvalue weighted by atomic mass is 32.1. The van der Waals surface area contributed by atoms with Crippen molar-refractivity contribution in [1.29, 1.82) is 0 Å². The highest BCUT2D eigenvalue weighted by Crippen LogP contribution is 2.16. The second-order valence-electron chi connectivity index (χ2n) is 4.83. The third kappa shape index (κ3) is 5.92. The van der Waals surface area contributed by atoms with Crippen LogP contribution in [0.3, 0.4) is 0 Å². The average molecular weight is 348 g/mol. The van der Waals surface area contributed by atoms with Gasteiger partial charge in [-0.2, -0.15) is 0 Å². The summed E-state index contributed by atoms with van der Waals surface area (Å²) in [6, 6.07) is 5.99. The van der Waals surface area contributed by atoms with E-state index in [0.29, 0.717) is 17.4 Å². The van der Waals surface area contributed by atoms with E-state index in [1.165, 1.54) is 23.5 Å². The minimum absolute atomic E-state index is 0.0880. The summed E-state index contributed by atoms with van der Waals surface area (Å²) in [7, 11) is 0. The van der Waals surface area contributed by atoms with Crippen LogP contribution in [0.4, 0.5) is 9.52 Å². The summed E-state index contributed by atoms with van der Waals surface area (Å²) in [4.78, 5) is 27.4. The number of ether oxygens (including phenoxy) is 1. The predicted molar refractivity (Wildman–Crippen MR) is 91.1 cm³/mol. The Labute approximate surface area is 143 Å². The molecule has 0 radical (unpaired) electrons. The van der Waals surface area contributed by atoms with E-state index in [0.717, 1.165) is 5.56 Å². The lowest BCUT2D eigenvalue weighted by Crippen LogP contribution is -2.10. The fourth-order valence-electron chi connectivity index (χ4n) is 1.85. The van der Waals surface area contributed by atoms with Crippen LogP contribution in [0.2, 0.25) is 0 Å². The molecule has 0 aliphatic rings. The average Bonchev–Trinajstić information content (AvgIpc) is 2.96. The molecule has 0 bridgehead atoms. The van der Waals surface area contributed by atoms with E-state index in [1.54, 1.807) is 36.6 Å². The Morgan fingerprint density at radius 1 is 1.33 bits per heavy atom. The molecule has 0 saturated carbocycles. The number of anilines is 1. The zero-order valence-corrected chi connectivity index (χ0v) is 13.9. The SMILES string of the molecule is CCOC(=O)Cc1csc(NC(=O)C/C=C/c2ccc(F)cc2)n1. The number of amides is 1. The number of esters is 1. The fraction of sp³-hybridized carbons (Fsp3) is 0.235. The van der Waals surface area contributed by atoms with E-state index >= 15 is 0 Å². The van der Waals surface area contributed by atoms with E-state index in [2.05, 4.69) is 10.3 Å². The first-order valence-corrected chi connectivity index (χ1v) is 8.26. The molecule has 24 heavy (non-hydrogen) atoms. The minimum atomic E-state index is -0.345. The number of carbonyl (C=O) groups excluding carboxylic acids is 2. The fourth-order valence-corrected chi connectivity index (χ4v) is 2.58. The van der Waals surface area contributed by atoms with Crippen molar-refractivity contribution >= 4 is 34.4 Å². The highest BCUT2D eigenvalue weighted by Gasteiger charge is 2.09. The van der Waals surface area contributed by atoms with Crippen LogP contribution in [0.15, 0.2) is 35.7 Å². The molecule has 1 N–H and O–H groups in total. The van der Waals surface area contributed by atoms with Crippen molar-refractivity contribution in [2.24, 2.45) is 0 Å². The van der Waals surface area contributed by atoms with Gasteiger partial charge < -0.3 is 10.1 Å². The Balaban J connectivity index is 1.81. The van der Waals surface area contributed by atoms with Crippen LogP contribution < -0.4 is 5.32 Å². The lowest BCUT2D eigenvalue weighted by atomic mass is 10.2. The first-order valence-electron chi connectivity index (χ1n) is 7.39. The van der Waals surface area contributed by atoms with Crippen LogP contribution in [0.5, 0.6) is 0 Å². The Hall–Kier alpha value is -2.54. The molecule has 0 aliphatic heterocycles. The number of halogens is 1. The zero-order chi connectivity index (χ0) is 17.4. The number of nitrogens with one attached hydrogen (secondary N) is 1. The standard InChI is InChI=1S/C17H17FN2O3S/c1-2-23-16(22)10-14-11-24-17(19-14)20-15(21)5-3-4-12-6-8-13(18)9-7-12/h3-4,6-9,11H,2,5,10H2,1H3,(H,19,20,21)/b4-3+. The maximum absolute atomic E-state index is 12.8. The van der Waals surface area contributed by atoms with E-state index < -0.39 is 0 Å². The van der Waals surface area contributed by atoms with Crippen LogP contribution in [-0.4, -0.2) is 23.5 Å². The normalized spacial score (nSPS) is 10.8. The molecule has 0 aliphatic carbocycles. The topological polar surface area (TPSA) is 68.3 Å². The second kappa shape index (κ2) is 8.93. The molecular formula is C17H17FN2O3S. The van der Waals surface area contributed by atoms with E-state index in [4.69, 9.17) is 4.74 Å². The van der Waals surface area contributed by atoms with Gasteiger partial charge in [0.15, 0.2) is 5.13 Å². The molecule has 5 nitrogen and oxygen atoms in total. The summed E-state index contributed by atoms with van der Waals surface area (Å²) < 4.78 is 17.6. The van der Waals surface area contributed by atoms with Gasteiger partial charge in [0.1, 0.15) is 5.82 Å². The second-order valence-corrected chi connectivity index (χ2v) is 5.69. The van der Waals surface area contributed by atoms with Crippen molar-refractivity contribution in [2.75, 3.05) is 11.9 Å². The zero-order valence-electron chi connectivity index (χ0n) is 13.1. The molecule has 0 unspecified atom stereocenters. The van der Waals surface area contributed by atoms with Crippen molar-refractivity contribution < 1.29 is 18.7 Å². The monoisotopic (exact) mass is 348 g/mol. The summed E-state index contributed by atoms with van der Waals surface area (Å²) in [6.07, 6.45) is 3.69. The number of carbonyl (C=O) groups is 2. The Kier molecular flexibility index (Phi) is 6.62. The largest absolute Gasteiger partial charge is 0.466 e. The predicted octanol–water partition coefficient (Wildman–Crippen LogP) is 3.43. The van der Waals surface area contributed by atoms with Gasteiger partial charge in [0, 0.05) is 11.8 Å². The maximum atomic E-state index is 12.8. The van der Waals surface area contributed by atoms with Gasteiger partial charge in [-0.1, -0.05) is 24.3 Å². The highest BCUT2D eigenvalue weighted by molar-refractivity contribution is 7.13. The molecule has 7 heteroatoms. The number of nitrogens with zero attached hydrogens (tertiary/aromatic N) is 1. The van der Waals surface area contributed by atoms with Gasteiger partial charge in [-0.05, 0) is 24.6 Å². The van der Waals surface area contributed by atoms with Gasteiger partial charge in [-0.15, -0.1) is 11.3 Å². The maximum Gasteiger partial charge on any atom is 0.311 e. The molecule has 2 aromatic rings. The quantitative estimate of drug-likeness (QED) is 0.779. The van der Waals surface area contributed by atoms with E-state index in [9.17, 15) is 14.0 Å². The van der Waals surface area contributed by atoms with Gasteiger partial charge in [0.25, 0.3) is 0 Å². The van der Waals surface area contributed by atoms with Crippen molar-refractivity contribution in [2.45, 2.75) is 19.8 Å². The summed E-state index contributed by atoms with van der Waals surface area (Å²) in [6.45, 7) is 2.07. The molecule has 1 aromatic carbocycles. The molecule has 1 heterocycles. The van der Waals surface area contributed by atoms with Crippen molar-refractivity contribution in [1.82, 2.24) is 4.98 Å². The Morgan fingerprint density at radius 2 is 2.08 bits per heavy atom. The molecule has 0 atom stereocenters. The minimum Gasteiger partial charge on any atom is -0.466 e. The number of benzene rings is 1. The van der Waals surface area contributed by atoms with Crippen molar-refractivity contribution in [3.8, 4) is 0 Å². The molecule has 0 saturated heterocycles. The number of aromatic nitrogens is 1. The van der Waals surface area contributed by atoms with Gasteiger partial charge in [0.2, 0.25) is 5.91 Å². The van der Waals surface area contributed by atoms with E-state index in [1.807, 2.05) is 0 Å². The Morgan fingerprint density at radius 3 is 2.79 bits per heavy atom. The van der Waals surface area contributed by atoms with Gasteiger partial charge >= 0.3 is 5.97 Å². The number of rotatable bonds is 7. The Bertz CT molecular complexity index is 726. The third-order valence-electron chi connectivity index (χ3n) is 2.91. The first kappa shape index (κ1) is 17.8. The molecule has 2 rings (SSSR count). The van der Waals surface area contributed by atoms with Gasteiger partial charge in [-0.25, -0.2) is 9.37 Å². The number of hydrogen-bond acceptors (Lipinski definition) is 5. The van der Waals surface area contributed by atoms with Crippen LogP contribution in [0.1, 0.15) is 24.6 Å². The van der Waals surface area contributed by atoms with Crippen LogP contribution in [-0.2, 0) is 20.7 Å². The molecule has 1 aromatic heterocycles. The van der Waals surface area contributed by atoms with Crippen LogP contribution >= 0.6 is 11.3 Å². The van der Waals surface area contributed by atoms with Gasteiger partial charge in [0.05, 0.1) is 18.7 Å². The molecule has 0 spiro atoms. The summed E-state index contributed by atoms with van der Waals surface area (Å²) in [5, 5.41) is 4.82. The van der Waals surface area contributed by atoms with Crippen LogP contribution in [0, 0.1) is 5.82 Å². The first-order chi connectivity index (χ1) is 11.6. The molecule has 0 fully saturated rings. The third-order valence-corrected chi connectivity index (χ3v) is 3.72. The summed E-state index contributed by atoms with van der Waals surface area (Å²) >= 11 is 1.25. The smallest absolute Gasteiger partial charge is 0.311 e. The number of hydrogen-bond donors (Lipinski definition) is 1. The lowest BCUT2D eigenvalue weighted by Gasteiger charge is -1.99. The molecule has 126 valence electrons. The summed E-state index contributed by atoms with van der Waals surface area (Å²) in [5.74, 6) is -0.861. The molecule has 1 amide bonds. The number of thiazole rings is 1. The molecular weight excluding hydrogens is 331 g/mol. The van der Waals surface area contributed by atoms with Crippen molar-refractivity contribution in [3.05, 3.63) is 52.8 Å². The van der Waals surface area contributed by atoms with Crippen molar-refractivity contribution in [3.63, 3.8) is 0 Å². The lowest BCUT2D eigenvalue weighted by molar-refractivity contribution is -0.142.